The van der Waals surface area contributed by atoms with Crippen molar-refractivity contribution >= 4 is 11.6 Å². The van der Waals surface area contributed by atoms with Crippen LogP contribution in [0, 0.1) is 11.8 Å². The molecule has 102 valence electrons. The minimum absolute atomic E-state index is 0.360. The van der Waals surface area contributed by atoms with Crippen molar-refractivity contribution in [2.24, 2.45) is 0 Å². The van der Waals surface area contributed by atoms with Crippen LogP contribution in [0.4, 0.5) is 0 Å². The van der Waals surface area contributed by atoms with Crippen molar-refractivity contribution in [3.63, 3.8) is 0 Å². The Bertz CT molecular complexity index is 436. The predicted molar refractivity (Wildman–Crippen MR) is 80.8 cm³/mol. The Morgan fingerprint density at radius 1 is 1.11 bits per heavy atom. The highest BCUT2D eigenvalue weighted by atomic mass is 35.5. The molecule has 0 heterocycles. The number of alkyl halides is 1. The van der Waals surface area contributed by atoms with Gasteiger partial charge in [0.25, 0.3) is 0 Å². The summed E-state index contributed by atoms with van der Waals surface area (Å²) in [4.78, 5) is 0. The van der Waals surface area contributed by atoms with Crippen LogP contribution in [0.1, 0.15) is 50.5 Å². The molecule has 0 atom stereocenters. The number of rotatable bonds is 3. The van der Waals surface area contributed by atoms with Crippen molar-refractivity contribution < 1.29 is 4.74 Å². The number of hydrogen-bond donors (Lipinski definition) is 0. The molecule has 1 fully saturated rings. The van der Waals surface area contributed by atoms with Crippen molar-refractivity contribution in [1.82, 2.24) is 0 Å². The van der Waals surface area contributed by atoms with Gasteiger partial charge in [-0.3, -0.25) is 0 Å². The first-order valence-corrected chi connectivity index (χ1v) is 7.74. The topological polar surface area (TPSA) is 9.23 Å². The highest BCUT2D eigenvalue weighted by Gasteiger charge is 2.14. The number of hydrogen-bond acceptors (Lipinski definition) is 1. The first-order chi connectivity index (χ1) is 9.40. The van der Waals surface area contributed by atoms with Gasteiger partial charge >= 0.3 is 0 Å². The van der Waals surface area contributed by atoms with Crippen molar-refractivity contribution in [1.29, 1.82) is 0 Å². The van der Waals surface area contributed by atoms with E-state index in [1.54, 1.807) is 0 Å². The quantitative estimate of drug-likeness (QED) is 0.439. The lowest BCUT2D eigenvalue weighted by atomic mass is 10.1. The molecular formula is C17H21ClO. The second-order valence-corrected chi connectivity index (χ2v) is 5.35. The molecule has 0 aliphatic heterocycles. The number of halogens is 1. The fourth-order valence-corrected chi connectivity index (χ4v) is 2.51. The van der Waals surface area contributed by atoms with Crippen LogP contribution >= 0.6 is 11.6 Å². The molecule has 1 saturated carbocycles. The SMILES string of the molecule is ClCCC#Cc1ccccc1OC1CCCCCC1. The van der Waals surface area contributed by atoms with E-state index in [1.807, 2.05) is 24.3 Å². The monoisotopic (exact) mass is 276 g/mol. The minimum atomic E-state index is 0.360. The molecule has 1 aromatic rings. The van der Waals surface area contributed by atoms with Crippen LogP contribution in [0.15, 0.2) is 24.3 Å². The van der Waals surface area contributed by atoms with Crippen LogP contribution < -0.4 is 4.74 Å². The second kappa shape index (κ2) is 8.12. The first kappa shape index (κ1) is 14.3. The van der Waals surface area contributed by atoms with Gasteiger partial charge in [-0.1, -0.05) is 36.8 Å². The number of ether oxygens (including phenoxy) is 1. The molecule has 1 nitrogen and oxygen atoms in total. The molecule has 0 unspecified atom stereocenters. The molecule has 19 heavy (non-hydrogen) atoms. The first-order valence-electron chi connectivity index (χ1n) is 7.20. The zero-order valence-electron chi connectivity index (χ0n) is 11.3. The van der Waals surface area contributed by atoms with Gasteiger partial charge < -0.3 is 4.74 Å². The molecule has 0 amide bonds. The van der Waals surface area contributed by atoms with Crippen molar-refractivity contribution in [2.75, 3.05) is 5.88 Å². The average molecular weight is 277 g/mol. The zero-order chi connectivity index (χ0) is 13.3. The lowest BCUT2D eigenvalue weighted by Gasteiger charge is -2.17. The fourth-order valence-electron chi connectivity index (χ4n) is 2.42. The largest absolute Gasteiger partial charge is 0.489 e. The molecule has 0 spiro atoms. The van der Waals surface area contributed by atoms with E-state index in [9.17, 15) is 0 Å². The summed E-state index contributed by atoms with van der Waals surface area (Å²) in [7, 11) is 0. The van der Waals surface area contributed by atoms with E-state index in [0.717, 1.165) is 17.7 Å². The molecule has 1 aromatic carbocycles. The van der Waals surface area contributed by atoms with Crippen LogP contribution in [0.3, 0.4) is 0 Å². The lowest BCUT2D eigenvalue weighted by molar-refractivity contribution is 0.183. The summed E-state index contributed by atoms with van der Waals surface area (Å²) < 4.78 is 6.16. The summed E-state index contributed by atoms with van der Waals surface area (Å²) in [6.07, 6.45) is 8.67. The van der Waals surface area contributed by atoms with Crippen LogP contribution in [-0.4, -0.2) is 12.0 Å². The summed E-state index contributed by atoms with van der Waals surface area (Å²) in [5, 5.41) is 0. The van der Waals surface area contributed by atoms with Gasteiger partial charge in [-0.05, 0) is 37.8 Å². The molecule has 1 aliphatic rings. The summed E-state index contributed by atoms with van der Waals surface area (Å²) in [5.74, 6) is 7.75. The van der Waals surface area contributed by atoms with E-state index in [2.05, 4.69) is 11.8 Å². The Labute approximate surface area is 121 Å². The molecule has 0 radical (unpaired) electrons. The van der Waals surface area contributed by atoms with Gasteiger partial charge in [0, 0.05) is 12.3 Å². The number of benzene rings is 1. The van der Waals surface area contributed by atoms with Crippen molar-refractivity contribution in [3.05, 3.63) is 29.8 Å². The molecule has 0 bridgehead atoms. The molecule has 0 N–H and O–H groups in total. The minimum Gasteiger partial charge on any atom is -0.489 e. The third-order valence-corrected chi connectivity index (χ3v) is 3.61. The molecule has 2 heteroatoms. The molecule has 2 rings (SSSR count). The molecule has 0 aromatic heterocycles. The maximum atomic E-state index is 6.16. The highest BCUT2D eigenvalue weighted by molar-refractivity contribution is 6.18. The Kier molecular flexibility index (Phi) is 6.11. The van der Waals surface area contributed by atoms with Crippen LogP contribution in [0.5, 0.6) is 5.75 Å². The van der Waals surface area contributed by atoms with Gasteiger partial charge in [-0.2, -0.15) is 0 Å². The van der Waals surface area contributed by atoms with Gasteiger partial charge in [0.2, 0.25) is 0 Å². The fraction of sp³-hybridized carbons (Fsp3) is 0.529. The van der Waals surface area contributed by atoms with Gasteiger partial charge in [-0.25, -0.2) is 0 Å². The normalized spacial score (nSPS) is 16.3. The van der Waals surface area contributed by atoms with Crippen molar-refractivity contribution in [3.8, 4) is 17.6 Å². The predicted octanol–water partition coefficient (Wildman–Crippen LogP) is 4.77. The lowest BCUT2D eigenvalue weighted by Crippen LogP contribution is -2.15. The molecule has 0 saturated heterocycles. The maximum absolute atomic E-state index is 6.16. The average Bonchev–Trinajstić information content (AvgIpc) is 2.70. The smallest absolute Gasteiger partial charge is 0.135 e. The summed E-state index contributed by atoms with van der Waals surface area (Å²) >= 11 is 5.65. The van der Waals surface area contributed by atoms with E-state index in [-0.39, 0.29) is 0 Å². The Morgan fingerprint density at radius 2 is 1.84 bits per heavy atom. The molecule has 1 aliphatic carbocycles. The molecular weight excluding hydrogens is 256 g/mol. The van der Waals surface area contributed by atoms with Crippen LogP contribution in [0.2, 0.25) is 0 Å². The van der Waals surface area contributed by atoms with Gasteiger partial charge in [0.1, 0.15) is 5.75 Å². The van der Waals surface area contributed by atoms with Gasteiger partial charge in [-0.15, -0.1) is 11.6 Å². The standard InChI is InChI=1S/C17H21ClO/c18-14-8-7-10-15-9-5-6-13-17(15)19-16-11-3-1-2-4-12-16/h5-6,9,13,16H,1-4,8,11-12,14H2. The summed E-state index contributed by atoms with van der Waals surface area (Å²) in [6.45, 7) is 0. The maximum Gasteiger partial charge on any atom is 0.135 e. The summed E-state index contributed by atoms with van der Waals surface area (Å²) in [6, 6.07) is 8.06. The van der Waals surface area contributed by atoms with Gasteiger partial charge in [0.15, 0.2) is 0 Å². The highest BCUT2D eigenvalue weighted by Crippen LogP contribution is 2.25. The van der Waals surface area contributed by atoms with Crippen LogP contribution in [-0.2, 0) is 0 Å². The Morgan fingerprint density at radius 3 is 2.58 bits per heavy atom. The second-order valence-electron chi connectivity index (χ2n) is 4.97. The van der Waals surface area contributed by atoms with E-state index < -0.39 is 0 Å². The van der Waals surface area contributed by atoms with E-state index in [1.165, 1.54) is 38.5 Å². The van der Waals surface area contributed by atoms with Crippen molar-refractivity contribution in [2.45, 2.75) is 51.0 Å². The van der Waals surface area contributed by atoms with E-state index >= 15 is 0 Å². The third kappa shape index (κ3) is 4.80. The van der Waals surface area contributed by atoms with E-state index in [4.69, 9.17) is 16.3 Å². The Balaban J connectivity index is 2.04. The van der Waals surface area contributed by atoms with E-state index in [0.29, 0.717) is 12.0 Å². The van der Waals surface area contributed by atoms with Crippen LogP contribution in [0.25, 0.3) is 0 Å². The van der Waals surface area contributed by atoms with Gasteiger partial charge in [0.05, 0.1) is 11.7 Å². The Hall–Kier alpha value is -1.13. The number of para-hydroxylation sites is 1. The zero-order valence-corrected chi connectivity index (χ0v) is 12.1. The summed E-state index contributed by atoms with van der Waals surface area (Å²) in [5.41, 5.74) is 0.983. The third-order valence-electron chi connectivity index (χ3n) is 3.43.